The first-order valence-corrected chi connectivity index (χ1v) is 8.08. The van der Waals surface area contributed by atoms with Crippen molar-refractivity contribution in [3.63, 3.8) is 0 Å². The molecular weight excluding hydrogens is 250 g/mol. The van der Waals surface area contributed by atoms with E-state index in [0.29, 0.717) is 18.2 Å². The van der Waals surface area contributed by atoms with Crippen molar-refractivity contribution in [3.8, 4) is 0 Å². The molecule has 0 radical (unpaired) electrons. The predicted octanol–water partition coefficient (Wildman–Crippen LogP) is 2.94. The minimum atomic E-state index is 0.431. The number of likely N-dealkylation sites (N-methyl/N-ethyl adjacent to an activating group) is 1. The Morgan fingerprint density at radius 3 is 2.90 bits per heavy atom. The molecule has 20 heavy (non-hydrogen) atoms. The van der Waals surface area contributed by atoms with Gasteiger partial charge in [0, 0.05) is 31.3 Å². The van der Waals surface area contributed by atoms with Crippen LogP contribution in [0.2, 0.25) is 0 Å². The minimum Gasteiger partial charge on any atom is -0.378 e. The smallest absolute Gasteiger partial charge is 0.0640 e. The Kier molecular flexibility index (Phi) is 6.05. The number of ether oxygens (including phenoxy) is 1. The van der Waals surface area contributed by atoms with Gasteiger partial charge in [-0.25, -0.2) is 0 Å². The summed E-state index contributed by atoms with van der Waals surface area (Å²) in [6.07, 6.45) is 8.35. The van der Waals surface area contributed by atoms with E-state index in [-0.39, 0.29) is 0 Å². The summed E-state index contributed by atoms with van der Waals surface area (Å²) in [4.78, 5) is 0. The van der Waals surface area contributed by atoms with Gasteiger partial charge < -0.3 is 10.1 Å². The van der Waals surface area contributed by atoms with Crippen molar-refractivity contribution in [1.29, 1.82) is 0 Å². The summed E-state index contributed by atoms with van der Waals surface area (Å²) in [7, 11) is 0. The Morgan fingerprint density at radius 2 is 2.30 bits per heavy atom. The molecule has 2 unspecified atom stereocenters. The number of aromatic nitrogens is 2. The molecule has 1 fully saturated rings. The molecule has 114 valence electrons. The average Bonchev–Trinajstić information content (AvgIpc) is 2.89. The highest BCUT2D eigenvalue weighted by Crippen LogP contribution is 2.18. The van der Waals surface area contributed by atoms with Crippen LogP contribution in [0.15, 0.2) is 12.3 Å². The summed E-state index contributed by atoms with van der Waals surface area (Å²) < 4.78 is 7.91. The van der Waals surface area contributed by atoms with Crippen molar-refractivity contribution in [2.75, 3.05) is 13.2 Å². The highest BCUT2D eigenvalue weighted by atomic mass is 16.5. The molecule has 0 aromatic carbocycles. The highest BCUT2D eigenvalue weighted by molar-refractivity contribution is 5.02. The van der Waals surface area contributed by atoms with Gasteiger partial charge in [0.25, 0.3) is 0 Å². The molecule has 2 atom stereocenters. The molecule has 2 rings (SSSR count). The molecule has 0 aliphatic carbocycles. The number of hydrogen-bond donors (Lipinski definition) is 1. The van der Waals surface area contributed by atoms with Gasteiger partial charge in [0.2, 0.25) is 0 Å². The molecule has 1 aromatic rings. The standard InChI is InChI=1S/C16H29N3O/c1-4-17-15(12-16-7-5-6-10-20-16)11-14-8-9-19(18-14)13(2)3/h8-9,13,15-17H,4-7,10-12H2,1-3H3. The van der Waals surface area contributed by atoms with Crippen LogP contribution >= 0.6 is 0 Å². The zero-order valence-corrected chi connectivity index (χ0v) is 13.1. The van der Waals surface area contributed by atoms with E-state index < -0.39 is 0 Å². The van der Waals surface area contributed by atoms with Gasteiger partial charge in [0.15, 0.2) is 0 Å². The molecule has 1 saturated heterocycles. The minimum absolute atomic E-state index is 0.431. The van der Waals surface area contributed by atoms with Gasteiger partial charge in [-0.1, -0.05) is 6.92 Å². The van der Waals surface area contributed by atoms with E-state index >= 15 is 0 Å². The van der Waals surface area contributed by atoms with Gasteiger partial charge >= 0.3 is 0 Å². The van der Waals surface area contributed by atoms with E-state index in [1.54, 1.807) is 0 Å². The number of rotatable bonds is 7. The summed E-state index contributed by atoms with van der Waals surface area (Å²) in [5, 5.41) is 8.25. The van der Waals surface area contributed by atoms with Crippen molar-refractivity contribution in [2.45, 2.75) is 71.1 Å². The molecule has 1 aliphatic heterocycles. The monoisotopic (exact) mass is 279 g/mol. The van der Waals surface area contributed by atoms with Gasteiger partial charge in [0.05, 0.1) is 11.8 Å². The third-order valence-corrected chi connectivity index (χ3v) is 3.96. The number of nitrogens with one attached hydrogen (secondary N) is 1. The maximum Gasteiger partial charge on any atom is 0.0640 e. The Hall–Kier alpha value is -0.870. The van der Waals surface area contributed by atoms with Crippen LogP contribution in [-0.2, 0) is 11.2 Å². The molecule has 1 aromatic heterocycles. The third-order valence-electron chi connectivity index (χ3n) is 3.96. The first-order valence-electron chi connectivity index (χ1n) is 8.08. The largest absolute Gasteiger partial charge is 0.378 e. The Labute approximate surface area is 122 Å². The van der Waals surface area contributed by atoms with Crippen LogP contribution in [-0.4, -0.2) is 35.1 Å². The van der Waals surface area contributed by atoms with E-state index in [9.17, 15) is 0 Å². The summed E-state index contributed by atoms with van der Waals surface area (Å²) >= 11 is 0. The van der Waals surface area contributed by atoms with Crippen molar-refractivity contribution in [2.24, 2.45) is 0 Å². The fourth-order valence-electron chi connectivity index (χ4n) is 2.86. The van der Waals surface area contributed by atoms with Crippen LogP contribution in [0.4, 0.5) is 0 Å². The normalized spacial score (nSPS) is 21.3. The van der Waals surface area contributed by atoms with Crippen molar-refractivity contribution in [1.82, 2.24) is 15.1 Å². The molecule has 0 saturated carbocycles. The van der Waals surface area contributed by atoms with Gasteiger partial charge in [-0.2, -0.15) is 5.10 Å². The topological polar surface area (TPSA) is 39.1 Å². The van der Waals surface area contributed by atoms with Gasteiger partial charge in [-0.05, 0) is 52.1 Å². The molecule has 4 nitrogen and oxygen atoms in total. The second-order valence-electron chi connectivity index (χ2n) is 6.06. The van der Waals surface area contributed by atoms with Gasteiger partial charge in [0.1, 0.15) is 0 Å². The zero-order chi connectivity index (χ0) is 14.4. The van der Waals surface area contributed by atoms with Crippen LogP contribution in [0.5, 0.6) is 0 Å². The molecule has 4 heteroatoms. The SMILES string of the molecule is CCNC(Cc1ccn(C(C)C)n1)CC1CCCCO1. The molecule has 0 amide bonds. The molecule has 2 heterocycles. The molecule has 0 spiro atoms. The summed E-state index contributed by atoms with van der Waals surface area (Å²) in [5.74, 6) is 0. The quantitative estimate of drug-likeness (QED) is 0.834. The lowest BCUT2D eigenvalue weighted by molar-refractivity contribution is 0.00529. The van der Waals surface area contributed by atoms with E-state index in [1.165, 1.54) is 25.0 Å². The first-order chi connectivity index (χ1) is 9.69. The van der Waals surface area contributed by atoms with E-state index in [4.69, 9.17) is 4.74 Å². The maximum absolute atomic E-state index is 5.87. The fraction of sp³-hybridized carbons (Fsp3) is 0.812. The van der Waals surface area contributed by atoms with Crippen LogP contribution in [0, 0.1) is 0 Å². The zero-order valence-electron chi connectivity index (χ0n) is 13.1. The summed E-state index contributed by atoms with van der Waals surface area (Å²) in [5.41, 5.74) is 1.18. The van der Waals surface area contributed by atoms with Crippen LogP contribution in [0.25, 0.3) is 0 Å². The maximum atomic E-state index is 5.87. The van der Waals surface area contributed by atoms with Crippen LogP contribution in [0.1, 0.15) is 58.2 Å². The predicted molar refractivity (Wildman–Crippen MR) is 82.0 cm³/mol. The fourth-order valence-corrected chi connectivity index (χ4v) is 2.86. The lowest BCUT2D eigenvalue weighted by Crippen LogP contribution is -2.36. The van der Waals surface area contributed by atoms with Gasteiger partial charge in [-0.15, -0.1) is 0 Å². The lowest BCUT2D eigenvalue weighted by atomic mass is 9.99. The van der Waals surface area contributed by atoms with Gasteiger partial charge in [-0.3, -0.25) is 4.68 Å². The Balaban J connectivity index is 1.89. The van der Waals surface area contributed by atoms with Crippen molar-refractivity contribution in [3.05, 3.63) is 18.0 Å². The lowest BCUT2D eigenvalue weighted by Gasteiger charge is -2.27. The van der Waals surface area contributed by atoms with Crippen LogP contribution < -0.4 is 5.32 Å². The van der Waals surface area contributed by atoms with Crippen LogP contribution in [0.3, 0.4) is 0 Å². The second-order valence-corrected chi connectivity index (χ2v) is 6.06. The van der Waals surface area contributed by atoms with Crippen molar-refractivity contribution < 1.29 is 4.74 Å². The van der Waals surface area contributed by atoms with E-state index in [0.717, 1.165) is 26.0 Å². The third kappa shape index (κ3) is 4.60. The van der Waals surface area contributed by atoms with Crippen molar-refractivity contribution >= 4 is 0 Å². The molecule has 1 N–H and O–H groups in total. The Bertz CT molecular complexity index is 383. The molecule has 1 aliphatic rings. The first kappa shape index (κ1) is 15.5. The average molecular weight is 279 g/mol. The number of nitrogens with zero attached hydrogens (tertiary/aromatic N) is 2. The summed E-state index contributed by atoms with van der Waals surface area (Å²) in [6.45, 7) is 8.43. The van der Waals surface area contributed by atoms with E-state index in [2.05, 4.69) is 43.4 Å². The molecule has 0 bridgehead atoms. The Morgan fingerprint density at radius 1 is 1.45 bits per heavy atom. The molecular formula is C16H29N3O. The second kappa shape index (κ2) is 7.79. The summed E-state index contributed by atoms with van der Waals surface area (Å²) in [6, 6.07) is 3.05. The van der Waals surface area contributed by atoms with E-state index in [1.807, 2.05) is 4.68 Å². The number of hydrogen-bond acceptors (Lipinski definition) is 3. The highest BCUT2D eigenvalue weighted by Gasteiger charge is 2.20.